The quantitative estimate of drug-likeness (QED) is 0.379. The summed E-state index contributed by atoms with van der Waals surface area (Å²) < 4.78 is 6.26. The van der Waals surface area contributed by atoms with Crippen LogP contribution in [0.25, 0.3) is 11.1 Å². The molecule has 0 radical (unpaired) electrons. The molecule has 0 bridgehead atoms. The van der Waals surface area contributed by atoms with Gasteiger partial charge < -0.3 is 4.74 Å². The summed E-state index contributed by atoms with van der Waals surface area (Å²) in [6.07, 6.45) is 0. The van der Waals surface area contributed by atoms with Crippen molar-refractivity contribution in [1.82, 2.24) is 16.2 Å². The second-order valence-electron chi connectivity index (χ2n) is 6.14. The van der Waals surface area contributed by atoms with E-state index in [2.05, 4.69) is 32.1 Å². The molecule has 0 atom stereocenters. The van der Waals surface area contributed by atoms with Crippen LogP contribution in [0.5, 0.6) is 5.75 Å². The van der Waals surface area contributed by atoms with Crippen LogP contribution in [0.4, 0.5) is 0 Å². The Bertz CT molecular complexity index is 1030. The minimum absolute atomic E-state index is 0.0240. The van der Waals surface area contributed by atoms with Crippen LogP contribution in [0, 0.1) is 0 Å². The first-order chi connectivity index (χ1) is 14.5. The smallest absolute Gasteiger partial charge is 0.276 e. The van der Waals surface area contributed by atoms with E-state index in [0.29, 0.717) is 11.3 Å². The standard InChI is InChI=1S/C22H18BrN3O3S/c23-18-10-12-19(13-11-18)29-14-20(27)25-26-22(30)24-21(28)17-8-6-16(7-9-17)15-4-2-1-3-5-15/h1-13H,14H2,(H,25,27)(H2,24,26,28,30). The number of hydrogen-bond acceptors (Lipinski definition) is 4. The van der Waals surface area contributed by atoms with E-state index < -0.39 is 5.91 Å². The fourth-order valence-corrected chi connectivity index (χ4v) is 2.90. The van der Waals surface area contributed by atoms with Crippen molar-refractivity contribution in [3.05, 3.63) is 88.9 Å². The highest BCUT2D eigenvalue weighted by atomic mass is 79.9. The van der Waals surface area contributed by atoms with E-state index in [0.717, 1.165) is 15.6 Å². The third kappa shape index (κ3) is 6.40. The van der Waals surface area contributed by atoms with Gasteiger partial charge in [-0.05, 0) is 59.7 Å². The Kier molecular flexibility index (Phi) is 7.53. The minimum Gasteiger partial charge on any atom is -0.484 e. The number of hydrogen-bond donors (Lipinski definition) is 3. The maximum atomic E-state index is 12.3. The maximum absolute atomic E-state index is 12.3. The highest BCUT2D eigenvalue weighted by Gasteiger charge is 2.09. The maximum Gasteiger partial charge on any atom is 0.276 e. The van der Waals surface area contributed by atoms with Crippen molar-refractivity contribution in [2.24, 2.45) is 0 Å². The van der Waals surface area contributed by atoms with Crippen molar-refractivity contribution < 1.29 is 14.3 Å². The molecule has 0 saturated heterocycles. The summed E-state index contributed by atoms with van der Waals surface area (Å²) in [5, 5.41) is 2.49. The van der Waals surface area contributed by atoms with Gasteiger partial charge in [0.2, 0.25) is 0 Å². The molecule has 0 aliphatic rings. The summed E-state index contributed by atoms with van der Waals surface area (Å²) in [4.78, 5) is 24.1. The van der Waals surface area contributed by atoms with Gasteiger partial charge >= 0.3 is 0 Å². The molecule has 2 amide bonds. The molecule has 152 valence electrons. The molecule has 8 heteroatoms. The molecule has 0 aliphatic carbocycles. The molecule has 6 nitrogen and oxygen atoms in total. The molecule has 0 fully saturated rings. The van der Waals surface area contributed by atoms with Crippen LogP contribution in [0.3, 0.4) is 0 Å². The summed E-state index contributed by atoms with van der Waals surface area (Å²) in [5.41, 5.74) is 7.37. The predicted octanol–water partition coefficient (Wildman–Crippen LogP) is 3.83. The number of hydrazine groups is 1. The first kappa shape index (κ1) is 21.5. The number of ether oxygens (including phenoxy) is 1. The highest BCUT2D eigenvalue weighted by Crippen LogP contribution is 2.19. The van der Waals surface area contributed by atoms with Crippen molar-refractivity contribution in [1.29, 1.82) is 0 Å². The van der Waals surface area contributed by atoms with E-state index in [1.54, 1.807) is 24.3 Å². The summed E-state index contributed by atoms with van der Waals surface area (Å²) in [6.45, 7) is -0.202. The van der Waals surface area contributed by atoms with E-state index in [4.69, 9.17) is 17.0 Å². The minimum atomic E-state index is -0.443. The molecule has 0 aromatic heterocycles. The fourth-order valence-electron chi connectivity index (χ4n) is 2.49. The molecule has 0 spiro atoms. The number of thiocarbonyl (C=S) groups is 1. The number of halogens is 1. The lowest BCUT2D eigenvalue weighted by molar-refractivity contribution is -0.123. The van der Waals surface area contributed by atoms with Crippen LogP contribution in [-0.2, 0) is 4.79 Å². The van der Waals surface area contributed by atoms with E-state index in [9.17, 15) is 9.59 Å². The van der Waals surface area contributed by atoms with Gasteiger partial charge in [-0.1, -0.05) is 58.4 Å². The first-order valence-electron chi connectivity index (χ1n) is 8.95. The van der Waals surface area contributed by atoms with Crippen LogP contribution in [0.1, 0.15) is 10.4 Å². The predicted molar refractivity (Wildman–Crippen MR) is 123 cm³/mol. The number of benzene rings is 3. The average Bonchev–Trinajstić information content (AvgIpc) is 2.78. The number of rotatable bonds is 5. The summed E-state index contributed by atoms with van der Waals surface area (Å²) >= 11 is 8.36. The lowest BCUT2D eigenvalue weighted by Gasteiger charge is -2.11. The zero-order valence-electron chi connectivity index (χ0n) is 15.7. The molecular formula is C22H18BrN3O3S. The second-order valence-corrected chi connectivity index (χ2v) is 7.47. The van der Waals surface area contributed by atoms with Crippen molar-refractivity contribution in [2.75, 3.05) is 6.61 Å². The molecule has 3 N–H and O–H groups in total. The number of carbonyl (C=O) groups excluding carboxylic acids is 2. The Morgan fingerprint density at radius 3 is 2.13 bits per heavy atom. The summed E-state index contributed by atoms with van der Waals surface area (Å²) in [5.74, 6) is -0.266. The number of carbonyl (C=O) groups is 2. The van der Waals surface area contributed by atoms with Crippen molar-refractivity contribution in [3.8, 4) is 16.9 Å². The van der Waals surface area contributed by atoms with Gasteiger partial charge in [-0.15, -0.1) is 0 Å². The molecule has 0 aliphatic heterocycles. The Balaban J connectivity index is 1.43. The van der Waals surface area contributed by atoms with E-state index in [-0.39, 0.29) is 17.6 Å². The topological polar surface area (TPSA) is 79.5 Å². The zero-order valence-corrected chi connectivity index (χ0v) is 18.1. The lowest BCUT2D eigenvalue weighted by atomic mass is 10.0. The van der Waals surface area contributed by atoms with Crippen LogP contribution >= 0.6 is 28.1 Å². The van der Waals surface area contributed by atoms with E-state index in [1.807, 2.05) is 54.6 Å². The SMILES string of the molecule is O=C(COc1ccc(Br)cc1)NNC(=S)NC(=O)c1ccc(-c2ccccc2)cc1. The average molecular weight is 484 g/mol. The van der Waals surface area contributed by atoms with Gasteiger partial charge in [0.15, 0.2) is 11.7 Å². The Morgan fingerprint density at radius 1 is 0.833 bits per heavy atom. The molecule has 3 rings (SSSR count). The lowest BCUT2D eigenvalue weighted by Crippen LogP contribution is -2.49. The monoisotopic (exact) mass is 483 g/mol. The molecule has 3 aromatic carbocycles. The van der Waals surface area contributed by atoms with Gasteiger partial charge in [-0.2, -0.15) is 0 Å². The fraction of sp³-hybridized carbons (Fsp3) is 0.0455. The zero-order chi connectivity index (χ0) is 21.3. The normalized spacial score (nSPS) is 10.0. The molecule has 0 unspecified atom stereocenters. The van der Waals surface area contributed by atoms with Gasteiger partial charge in [0.25, 0.3) is 11.8 Å². The Labute approximate surface area is 187 Å². The molecule has 0 saturated carbocycles. The third-order valence-electron chi connectivity index (χ3n) is 3.98. The second kappa shape index (κ2) is 10.5. The van der Waals surface area contributed by atoms with Gasteiger partial charge in [0, 0.05) is 10.0 Å². The van der Waals surface area contributed by atoms with E-state index >= 15 is 0 Å². The summed E-state index contributed by atoms with van der Waals surface area (Å²) in [7, 11) is 0. The van der Waals surface area contributed by atoms with Crippen molar-refractivity contribution in [3.63, 3.8) is 0 Å². The Hall–Kier alpha value is -3.23. The molecular weight excluding hydrogens is 466 g/mol. The van der Waals surface area contributed by atoms with Crippen LogP contribution < -0.4 is 20.9 Å². The van der Waals surface area contributed by atoms with Gasteiger partial charge in [-0.3, -0.25) is 25.8 Å². The first-order valence-corrected chi connectivity index (χ1v) is 10.2. The largest absolute Gasteiger partial charge is 0.484 e. The number of nitrogens with one attached hydrogen (secondary N) is 3. The Morgan fingerprint density at radius 2 is 1.47 bits per heavy atom. The van der Waals surface area contributed by atoms with Crippen molar-refractivity contribution in [2.45, 2.75) is 0 Å². The van der Waals surface area contributed by atoms with E-state index in [1.165, 1.54) is 0 Å². The van der Waals surface area contributed by atoms with Crippen LogP contribution in [-0.4, -0.2) is 23.5 Å². The molecule has 30 heavy (non-hydrogen) atoms. The van der Waals surface area contributed by atoms with Gasteiger partial charge in [0.1, 0.15) is 5.75 Å². The summed E-state index contributed by atoms with van der Waals surface area (Å²) in [6, 6.07) is 24.1. The van der Waals surface area contributed by atoms with Gasteiger partial charge in [0.05, 0.1) is 0 Å². The van der Waals surface area contributed by atoms with Gasteiger partial charge in [-0.25, -0.2) is 0 Å². The molecule has 0 heterocycles. The number of amides is 2. The van der Waals surface area contributed by atoms with Crippen molar-refractivity contribution >= 4 is 45.1 Å². The van der Waals surface area contributed by atoms with Crippen LogP contribution in [0.15, 0.2) is 83.3 Å². The third-order valence-corrected chi connectivity index (χ3v) is 4.71. The van der Waals surface area contributed by atoms with Crippen LogP contribution in [0.2, 0.25) is 0 Å². The molecule has 3 aromatic rings. The highest BCUT2D eigenvalue weighted by molar-refractivity contribution is 9.10.